The van der Waals surface area contributed by atoms with Crippen LogP contribution in [0, 0.1) is 0 Å². The summed E-state index contributed by atoms with van der Waals surface area (Å²) in [6.45, 7) is 3.35. The number of carboxylic acid groups (broad SMARTS) is 1. The van der Waals surface area contributed by atoms with Crippen molar-refractivity contribution in [1.29, 1.82) is 0 Å². The number of carbonyl (C=O) groups is 1. The van der Waals surface area contributed by atoms with Crippen LogP contribution in [0.3, 0.4) is 0 Å². The van der Waals surface area contributed by atoms with E-state index in [1.807, 2.05) is 24.3 Å². The Balaban J connectivity index is 2.56. The zero-order chi connectivity index (χ0) is 15.5. The van der Waals surface area contributed by atoms with Gasteiger partial charge in [0.15, 0.2) is 0 Å². The molecule has 0 saturated carbocycles. The van der Waals surface area contributed by atoms with Gasteiger partial charge in [0.05, 0.1) is 13.2 Å². The van der Waals surface area contributed by atoms with Gasteiger partial charge in [0, 0.05) is 39.5 Å². The molecule has 6 heteroatoms. The average Bonchev–Trinajstić information content (AvgIpc) is 2.48. The minimum atomic E-state index is -0.989. The van der Waals surface area contributed by atoms with Crippen molar-refractivity contribution in [2.45, 2.75) is 6.42 Å². The fourth-order valence-corrected chi connectivity index (χ4v) is 1.96. The van der Waals surface area contributed by atoms with Crippen LogP contribution in [0.4, 0.5) is 10.5 Å². The van der Waals surface area contributed by atoms with E-state index >= 15 is 0 Å². The van der Waals surface area contributed by atoms with Gasteiger partial charge in [0.25, 0.3) is 0 Å². The highest BCUT2D eigenvalue weighted by molar-refractivity contribution is 5.64. The lowest BCUT2D eigenvalue weighted by Gasteiger charge is -2.24. The van der Waals surface area contributed by atoms with Crippen molar-refractivity contribution < 1.29 is 19.4 Å². The van der Waals surface area contributed by atoms with Gasteiger partial charge in [-0.15, -0.1) is 0 Å². The maximum Gasteiger partial charge on any atom is 0.404 e. The predicted molar refractivity (Wildman–Crippen MR) is 82.1 cm³/mol. The molecule has 6 nitrogen and oxygen atoms in total. The van der Waals surface area contributed by atoms with Gasteiger partial charge in [0.2, 0.25) is 0 Å². The SMILES string of the molecule is COCCN(CCOC)c1ccc(CCNC(=O)O)cc1. The first-order valence-corrected chi connectivity index (χ1v) is 6.96. The maximum absolute atomic E-state index is 10.4. The molecule has 0 radical (unpaired) electrons. The van der Waals surface area contributed by atoms with Crippen LogP contribution in [-0.2, 0) is 15.9 Å². The van der Waals surface area contributed by atoms with E-state index in [-0.39, 0.29) is 0 Å². The Morgan fingerprint density at radius 2 is 1.71 bits per heavy atom. The monoisotopic (exact) mass is 296 g/mol. The maximum atomic E-state index is 10.4. The van der Waals surface area contributed by atoms with Crippen LogP contribution in [0.2, 0.25) is 0 Å². The lowest BCUT2D eigenvalue weighted by Crippen LogP contribution is -2.30. The summed E-state index contributed by atoms with van der Waals surface area (Å²) in [5, 5.41) is 10.9. The topological polar surface area (TPSA) is 71.0 Å². The van der Waals surface area contributed by atoms with Crippen molar-refractivity contribution in [1.82, 2.24) is 5.32 Å². The molecule has 0 heterocycles. The molecular weight excluding hydrogens is 272 g/mol. The molecule has 2 N–H and O–H groups in total. The highest BCUT2D eigenvalue weighted by Gasteiger charge is 2.06. The van der Waals surface area contributed by atoms with Crippen molar-refractivity contribution >= 4 is 11.8 Å². The van der Waals surface area contributed by atoms with Gasteiger partial charge in [-0.25, -0.2) is 4.79 Å². The van der Waals surface area contributed by atoms with Gasteiger partial charge in [-0.3, -0.25) is 0 Å². The third-order valence-electron chi connectivity index (χ3n) is 3.12. The van der Waals surface area contributed by atoms with E-state index in [4.69, 9.17) is 14.6 Å². The van der Waals surface area contributed by atoms with Crippen LogP contribution >= 0.6 is 0 Å². The lowest BCUT2D eigenvalue weighted by atomic mass is 10.1. The third-order valence-corrected chi connectivity index (χ3v) is 3.12. The predicted octanol–water partition coefficient (Wildman–Crippen LogP) is 1.60. The molecular formula is C15H24N2O4. The molecule has 1 aromatic rings. The number of hydrogen-bond donors (Lipinski definition) is 2. The zero-order valence-electron chi connectivity index (χ0n) is 12.7. The summed E-state index contributed by atoms with van der Waals surface area (Å²) in [6, 6.07) is 8.12. The Labute approximate surface area is 125 Å². The second-order valence-corrected chi connectivity index (χ2v) is 4.62. The first-order valence-electron chi connectivity index (χ1n) is 6.96. The standard InChI is InChI=1S/C15H24N2O4/c1-20-11-9-17(10-12-21-2)14-5-3-13(4-6-14)7-8-16-15(18)19/h3-6,16H,7-12H2,1-2H3,(H,18,19). The van der Waals surface area contributed by atoms with Gasteiger partial charge < -0.3 is 24.8 Å². The molecule has 0 spiro atoms. The van der Waals surface area contributed by atoms with Gasteiger partial charge in [-0.2, -0.15) is 0 Å². The van der Waals surface area contributed by atoms with E-state index in [0.717, 1.165) is 24.3 Å². The summed E-state index contributed by atoms with van der Waals surface area (Å²) in [4.78, 5) is 12.6. The molecule has 118 valence electrons. The number of hydrogen-bond acceptors (Lipinski definition) is 4. The Bertz CT molecular complexity index is 401. The van der Waals surface area contributed by atoms with Crippen LogP contribution < -0.4 is 10.2 Å². The zero-order valence-corrected chi connectivity index (χ0v) is 12.7. The Morgan fingerprint density at radius 1 is 1.14 bits per heavy atom. The number of anilines is 1. The van der Waals surface area contributed by atoms with E-state index in [1.165, 1.54) is 0 Å². The minimum Gasteiger partial charge on any atom is -0.465 e. The van der Waals surface area contributed by atoms with Crippen LogP contribution in [0.1, 0.15) is 5.56 Å². The summed E-state index contributed by atoms with van der Waals surface area (Å²) in [7, 11) is 3.38. The van der Waals surface area contributed by atoms with Crippen LogP contribution in [0.25, 0.3) is 0 Å². The number of benzene rings is 1. The Hall–Kier alpha value is -1.79. The summed E-state index contributed by atoms with van der Waals surface area (Å²) in [5.74, 6) is 0. The number of ether oxygens (including phenoxy) is 2. The second-order valence-electron chi connectivity index (χ2n) is 4.62. The molecule has 1 rings (SSSR count). The molecule has 0 saturated heterocycles. The van der Waals surface area contributed by atoms with Crippen molar-refractivity contribution in [3.05, 3.63) is 29.8 Å². The highest BCUT2D eigenvalue weighted by atomic mass is 16.5. The third kappa shape index (κ3) is 6.97. The van der Waals surface area contributed by atoms with Gasteiger partial charge in [-0.1, -0.05) is 12.1 Å². The summed E-state index contributed by atoms with van der Waals surface area (Å²) >= 11 is 0. The van der Waals surface area contributed by atoms with E-state index in [9.17, 15) is 4.79 Å². The summed E-state index contributed by atoms with van der Waals surface area (Å²) in [6.07, 6.45) is -0.306. The normalized spacial score (nSPS) is 10.4. The van der Waals surface area contributed by atoms with Gasteiger partial charge in [0.1, 0.15) is 0 Å². The molecule has 0 aromatic heterocycles. The second kappa shape index (κ2) is 10.0. The first kappa shape index (κ1) is 17.3. The van der Waals surface area contributed by atoms with Gasteiger partial charge in [-0.05, 0) is 24.1 Å². The van der Waals surface area contributed by atoms with Crippen LogP contribution in [0.5, 0.6) is 0 Å². The number of nitrogens with zero attached hydrogens (tertiary/aromatic N) is 1. The average molecular weight is 296 g/mol. The smallest absolute Gasteiger partial charge is 0.404 e. The van der Waals surface area contributed by atoms with Crippen molar-refractivity contribution in [3.63, 3.8) is 0 Å². The molecule has 1 aromatic carbocycles. The molecule has 0 bridgehead atoms. The molecule has 0 atom stereocenters. The number of rotatable bonds is 10. The quantitative estimate of drug-likeness (QED) is 0.686. The van der Waals surface area contributed by atoms with E-state index in [1.54, 1.807) is 14.2 Å². The number of nitrogens with one attached hydrogen (secondary N) is 1. The highest BCUT2D eigenvalue weighted by Crippen LogP contribution is 2.15. The molecule has 0 aliphatic heterocycles. The van der Waals surface area contributed by atoms with E-state index < -0.39 is 6.09 Å². The fourth-order valence-electron chi connectivity index (χ4n) is 1.96. The van der Waals surface area contributed by atoms with Gasteiger partial charge >= 0.3 is 6.09 Å². The van der Waals surface area contributed by atoms with Crippen molar-refractivity contribution in [3.8, 4) is 0 Å². The largest absolute Gasteiger partial charge is 0.465 e. The van der Waals surface area contributed by atoms with Crippen LogP contribution in [-0.4, -0.2) is 58.3 Å². The minimum absolute atomic E-state index is 0.422. The summed E-state index contributed by atoms with van der Waals surface area (Å²) < 4.78 is 10.3. The van der Waals surface area contributed by atoms with Crippen molar-refractivity contribution in [2.75, 3.05) is 52.0 Å². The van der Waals surface area contributed by atoms with E-state index in [2.05, 4.69) is 10.2 Å². The first-order chi connectivity index (χ1) is 10.2. The summed E-state index contributed by atoms with van der Waals surface area (Å²) in [5.41, 5.74) is 2.21. The lowest BCUT2D eigenvalue weighted by molar-refractivity contribution is 0.190. The Morgan fingerprint density at radius 3 is 2.19 bits per heavy atom. The molecule has 1 amide bonds. The number of methoxy groups -OCH3 is 2. The van der Waals surface area contributed by atoms with E-state index in [0.29, 0.717) is 26.2 Å². The molecule has 0 unspecified atom stereocenters. The fraction of sp³-hybridized carbons (Fsp3) is 0.533. The molecule has 0 aliphatic rings. The molecule has 0 fully saturated rings. The number of amides is 1. The molecule has 0 aliphatic carbocycles. The van der Waals surface area contributed by atoms with Crippen molar-refractivity contribution in [2.24, 2.45) is 0 Å². The molecule has 21 heavy (non-hydrogen) atoms. The van der Waals surface area contributed by atoms with Crippen LogP contribution in [0.15, 0.2) is 24.3 Å². The Kier molecular flexibility index (Phi) is 8.23.